The number of carbonyl (C=O) groups is 1. The highest BCUT2D eigenvalue weighted by Gasteiger charge is 2.23. The largest absolute Gasteiger partial charge is 0.340 e. The van der Waals surface area contributed by atoms with Crippen LogP contribution < -0.4 is 4.72 Å². The molecule has 2 aromatic carbocycles. The third-order valence-corrected chi connectivity index (χ3v) is 7.97. The van der Waals surface area contributed by atoms with Crippen molar-refractivity contribution in [2.75, 3.05) is 32.7 Å². The monoisotopic (exact) mass is 494 g/mol. The summed E-state index contributed by atoms with van der Waals surface area (Å²) >= 11 is 0. The molecule has 0 saturated carbocycles. The Hall–Kier alpha value is -2.81. The van der Waals surface area contributed by atoms with Gasteiger partial charge >= 0.3 is 0 Å². The predicted octanol–water partition coefficient (Wildman–Crippen LogP) is 3.55. The fraction of sp³-hybridized carbons (Fsp3) is 0.407. The molecular weight excluding hydrogens is 460 g/mol. The number of nitrogens with zero attached hydrogens (tertiary/aromatic N) is 3. The molecule has 0 atom stereocenters. The maximum Gasteiger partial charge on any atom is 0.240 e. The molecule has 3 aromatic rings. The number of piperazine rings is 1. The van der Waals surface area contributed by atoms with Crippen LogP contribution in [0.5, 0.6) is 0 Å². The molecule has 4 rings (SSSR count). The van der Waals surface area contributed by atoms with Crippen molar-refractivity contribution in [3.05, 3.63) is 71.9 Å². The standard InChI is InChI=1S/C27H34N4O3S/c1-27(2,3)23-9-11-24(12-10-23)35(33,34)29-15-13-25(32)31-18-16-30(17-19-31)20-22-7-4-6-21-8-5-14-28-26(21)22/h4-12,14,29H,13,15-20H2,1-3H3. The minimum Gasteiger partial charge on any atom is -0.340 e. The molecule has 35 heavy (non-hydrogen) atoms. The normalized spacial score (nSPS) is 15.5. The second kappa shape index (κ2) is 10.4. The number of pyridine rings is 1. The highest BCUT2D eigenvalue weighted by atomic mass is 32.2. The molecule has 8 heteroatoms. The summed E-state index contributed by atoms with van der Waals surface area (Å²) in [5.74, 6) is -0.0257. The molecule has 0 spiro atoms. The topological polar surface area (TPSA) is 82.6 Å². The second-order valence-corrected chi connectivity index (χ2v) is 11.8. The molecule has 0 unspecified atom stereocenters. The molecule has 0 aliphatic carbocycles. The molecule has 1 aromatic heterocycles. The summed E-state index contributed by atoms with van der Waals surface area (Å²) < 4.78 is 27.8. The van der Waals surface area contributed by atoms with Crippen LogP contribution in [0.1, 0.15) is 38.3 Å². The number of rotatable bonds is 7. The van der Waals surface area contributed by atoms with Crippen molar-refractivity contribution >= 4 is 26.8 Å². The first kappa shape index (κ1) is 25.3. The molecule has 0 bridgehead atoms. The summed E-state index contributed by atoms with van der Waals surface area (Å²) in [6.07, 6.45) is 1.96. The summed E-state index contributed by atoms with van der Waals surface area (Å²) in [4.78, 5) is 21.6. The van der Waals surface area contributed by atoms with Crippen molar-refractivity contribution in [3.8, 4) is 0 Å². The van der Waals surface area contributed by atoms with Crippen molar-refractivity contribution in [2.24, 2.45) is 0 Å². The first-order chi connectivity index (χ1) is 16.6. The number of hydrogen-bond acceptors (Lipinski definition) is 5. The van der Waals surface area contributed by atoms with Gasteiger partial charge in [-0.2, -0.15) is 0 Å². The van der Waals surface area contributed by atoms with Gasteiger partial charge < -0.3 is 4.90 Å². The average Bonchev–Trinajstić information content (AvgIpc) is 2.84. The van der Waals surface area contributed by atoms with Crippen molar-refractivity contribution in [1.29, 1.82) is 0 Å². The Kier molecular flexibility index (Phi) is 7.54. The van der Waals surface area contributed by atoms with Crippen molar-refractivity contribution in [2.45, 2.75) is 44.0 Å². The van der Waals surface area contributed by atoms with Crippen LogP contribution in [0.2, 0.25) is 0 Å². The van der Waals surface area contributed by atoms with Crippen molar-refractivity contribution < 1.29 is 13.2 Å². The van der Waals surface area contributed by atoms with E-state index in [1.165, 1.54) is 5.56 Å². The average molecular weight is 495 g/mol. The third-order valence-electron chi connectivity index (χ3n) is 6.50. The number of sulfonamides is 1. The van der Waals surface area contributed by atoms with E-state index in [-0.39, 0.29) is 29.2 Å². The van der Waals surface area contributed by atoms with Crippen LogP contribution in [0.4, 0.5) is 0 Å². The maximum atomic E-state index is 12.7. The molecule has 1 amide bonds. The molecule has 1 aliphatic rings. The summed E-state index contributed by atoms with van der Waals surface area (Å²) in [6, 6.07) is 17.2. The Morgan fingerprint density at radius 1 is 0.971 bits per heavy atom. The van der Waals surface area contributed by atoms with Crippen LogP contribution in [0.15, 0.2) is 65.7 Å². The lowest BCUT2D eigenvalue weighted by atomic mass is 9.87. The quantitative estimate of drug-likeness (QED) is 0.543. The molecule has 7 nitrogen and oxygen atoms in total. The second-order valence-electron chi connectivity index (χ2n) is 10.1. The van der Waals surface area contributed by atoms with Gasteiger partial charge in [0.25, 0.3) is 0 Å². The van der Waals surface area contributed by atoms with Gasteiger partial charge in [-0.3, -0.25) is 14.7 Å². The Morgan fingerprint density at radius 3 is 2.34 bits per heavy atom. The predicted molar refractivity (Wildman–Crippen MR) is 139 cm³/mol. The van der Waals surface area contributed by atoms with Gasteiger partial charge in [0.1, 0.15) is 0 Å². The molecule has 1 aliphatic heterocycles. The van der Waals surface area contributed by atoms with E-state index in [1.54, 1.807) is 12.1 Å². The number of aromatic nitrogens is 1. The van der Waals surface area contributed by atoms with Crippen LogP contribution in [-0.2, 0) is 26.8 Å². The van der Waals surface area contributed by atoms with E-state index < -0.39 is 10.0 Å². The molecule has 1 N–H and O–H groups in total. The van der Waals surface area contributed by atoms with Gasteiger partial charge in [0.15, 0.2) is 0 Å². The van der Waals surface area contributed by atoms with E-state index >= 15 is 0 Å². The van der Waals surface area contributed by atoms with Gasteiger partial charge in [0, 0.05) is 57.3 Å². The zero-order chi connectivity index (χ0) is 25.1. The Morgan fingerprint density at radius 2 is 1.66 bits per heavy atom. The summed E-state index contributed by atoms with van der Waals surface area (Å²) in [7, 11) is -3.65. The number of hydrogen-bond donors (Lipinski definition) is 1. The van der Waals surface area contributed by atoms with Crippen molar-refractivity contribution in [3.63, 3.8) is 0 Å². The number of benzene rings is 2. The van der Waals surface area contributed by atoms with E-state index in [1.807, 2.05) is 29.3 Å². The zero-order valence-electron chi connectivity index (χ0n) is 20.7. The van der Waals surface area contributed by atoms with Crippen LogP contribution >= 0.6 is 0 Å². The van der Waals surface area contributed by atoms with Gasteiger partial charge in [0.2, 0.25) is 15.9 Å². The molecule has 1 saturated heterocycles. The minimum atomic E-state index is -3.65. The summed E-state index contributed by atoms with van der Waals surface area (Å²) in [5, 5.41) is 1.13. The highest BCUT2D eigenvalue weighted by Crippen LogP contribution is 2.23. The first-order valence-corrected chi connectivity index (χ1v) is 13.5. The smallest absolute Gasteiger partial charge is 0.240 e. The number of nitrogens with one attached hydrogen (secondary N) is 1. The number of carbonyl (C=O) groups excluding carboxylic acids is 1. The third kappa shape index (κ3) is 6.25. The lowest BCUT2D eigenvalue weighted by Gasteiger charge is -2.35. The van der Waals surface area contributed by atoms with Crippen LogP contribution in [0.3, 0.4) is 0 Å². The van der Waals surface area contributed by atoms with Gasteiger partial charge in [-0.15, -0.1) is 0 Å². The maximum absolute atomic E-state index is 12.7. The Balaban J connectivity index is 1.25. The van der Waals surface area contributed by atoms with E-state index in [0.29, 0.717) is 13.1 Å². The fourth-order valence-electron chi connectivity index (χ4n) is 4.36. The van der Waals surface area contributed by atoms with Crippen molar-refractivity contribution in [1.82, 2.24) is 19.5 Å². The summed E-state index contributed by atoms with van der Waals surface area (Å²) in [6.45, 7) is 9.97. The summed E-state index contributed by atoms with van der Waals surface area (Å²) in [5.41, 5.74) is 3.24. The van der Waals surface area contributed by atoms with Crippen LogP contribution in [0, 0.1) is 0 Å². The van der Waals surface area contributed by atoms with E-state index in [4.69, 9.17) is 0 Å². The SMILES string of the molecule is CC(C)(C)c1ccc(S(=O)(=O)NCCC(=O)N2CCN(Cc3cccc4cccnc34)CC2)cc1. The molecule has 186 valence electrons. The number of fused-ring (bicyclic) bond motifs is 1. The lowest BCUT2D eigenvalue weighted by molar-refractivity contribution is -0.132. The van der Waals surface area contributed by atoms with Gasteiger partial charge in [-0.25, -0.2) is 13.1 Å². The van der Waals surface area contributed by atoms with Gasteiger partial charge in [0.05, 0.1) is 10.4 Å². The lowest BCUT2D eigenvalue weighted by Crippen LogP contribution is -2.48. The minimum absolute atomic E-state index is 0.0257. The molecule has 1 fully saturated rings. The van der Waals surface area contributed by atoms with E-state index in [2.05, 4.69) is 59.6 Å². The van der Waals surface area contributed by atoms with Gasteiger partial charge in [-0.05, 0) is 34.7 Å². The van der Waals surface area contributed by atoms with Crippen LogP contribution in [0.25, 0.3) is 10.9 Å². The number of amides is 1. The Labute approximate surface area is 208 Å². The van der Waals surface area contributed by atoms with Crippen LogP contribution in [-0.4, -0.2) is 61.8 Å². The van der Waals surface area contributed by atoms with E-state index in [9.17, 15) is 13.2 Å². The van der Waals surface area contributed by atoms with E-state index in [0.717, 1.165) is 36.1 Å². The first-order valence-electron chi connectivity index (χ1n) is 12.1. The fourth-order valence-corrected chi connectivity index (χ4v) is 5.39. The molecule has 0 radical (unpaired) electrons. The molecular formula is C27H34N4O3S. The highest BCUT2D eigenvalue weighted by molar-refractivity contribution is 7.89. The zero-order valence-corrected chi connectivity index (χ0v) is 21.5. The number of para-hydroxylation sites is 1. The Bertz CT molecular complexity index is 1270. The van der Waals surface area contributed by atoms with Gasteiger partial charge in [-0.1, -0.05) is 57.2 Å². The molecule has 2 heterocycles.